The minimum Gasteiger partial charge on any atom is -0.384 e. The molecule has 0 spiro atoms. The summed E-state index contributed by atoms with van der Waals surface area (Å²) in [5.41, 5.74) is 9.17. The minimum absolute atomic E-state index is 0.00130. The lowest BCUT2D eigenvalue weighted by molar-refractivity contribution is 0.0703. The molecule has 1 saturated heterocycles. The van der Waals surface area contributed by atoms with E-state index in [0.717, 1.165) is 30.9 Å². The Labute approximate surface area is 155 Å². The molecular weight excluding hydrogens is 348 g/mol. The molecule has 7 nitrogen and oxygen atoms in total. The summed E-state index contributed by atoms with van der Waals surface area (Å²) in [6.07, 6.45) is 7.37. The number of carbonyl (C=O) groups is 1. The molecule has 4 heterocycles. The molecule has 0 radical (unpaired) electrons. The third-order valence-corrected chi connectivity index (χ3v) is 5.30. The summed E-state index contributed by atoms with van der Waals surface area (Å²) < 4.78 is 2.14. The average molecular weight is 368 g/mol. The zero-order valence-electron chi connectivity index (χ0n) is 14.3. The Bertz CT molecular complexity index is 891. The molecule has 0 aromatic carbocycles. The van der Waals surface area contributed by atoms with Crippen LogP contribution in [-0.2, 0) is 6.54 Å². The maximum absolute atomic E-state index is 12.8. The molecule has 8 heteroatoms. The van der Waals surface area contributed by atoms with Crippen molar-refractivity contribution in [2.75, 3.05) is 18.8 Å². The van der Waals surface area contributed by atoms with Gasteiger partial charge in [-0.3, -0.25) is 4.79 Å². The quantitative estimate of drug-likeness (QED) is 0.764. The van der Waals surface area contributed by atoms with Gasteiger partial charge in [0.15, 0.2) is 0 Å². The fourth-order valence-electron chi connectivity index (χ4n) is 3.44. The average Bonchev–Trinajstić information content (AvgIpc) is 3.34. The molecule has 0 unspecified atom stereocenters. The van der Waals surface area contributed by atoms with Gasteiger partial charge in [0.2, 0.25) is 0 Å². The number of nitrogens with two attached hydrogens (primary N) is 1. The van der Waals surface area contributed by atoms with Crippen LogP contribution in [0, 0.1) is 0 Å². The van der Waals surface area contributed by atoms with Crippen LogP contribution in [0.5, 0.6) is 0 Å². The maximum Gasteiger partial charge on any atom is 0.254 e. The fraction of sp³-hybridized carbons (Fsp3) is 0.333. The van der Waals surface area contributed by atoms with Gasteiger partial charge in [-0.15, -0.1) is 11.3 Å². The lowest BCUT2D eigenvalue weighted by Crippen LogP contribution is -2.39. The van der Waals surface area contributed by atoms with Gasteiger partial charge in [-0.05, 0) is 25.0 Å². The summed E-state index contributed by atoms with van der Waals surface area (Å²) in [6, 6.07) is 3.35. The predicted octanol–water partition coefficient (Wildman–Crippen LogP) is 2.38. The van der Waals surface area contributed by atoms with Crippen LogP contribution in [0.15, 0.2) is 41.6 Å². The fourth-order valence-corrected chi connectivity index (χ4v) is 3.99. The van der Waals surface area contributed by atoms with Crippen molar-refractivity contribution in [1.29, 1.82) is 0 Å². The number of pyridine rings is 1. The maximum atomic E-state index is 12.8. The monoisotopic (exact) mass is 368 g/mol. The van der Waals surface area contributed by atoms with Crippen LogP contribution < -0.4 is 5.73 Å². The summed E-state index contributed by atoms with van der Waals surface area (Å²) in [4.78, 5) is 27.6. The van der Waals surface area contributed by atoms with Gasteiger partial charge in [0.05, 0.1) is 17.7 Å². The molecule has 2 N–H and O–H groups in total. The van der Waals surface area contributed by atoms with Crippen molar-refractivity contribution >= 4 is 23.1 Å². The molecule has 4 rings (SSSR count). The van der Waals surface area contributed by atoms with Crippen LogP contribution in [0.4, 0.5) is 5.82 Å². The summed E-state index contributed by atoms with van der Waals surface area (Å²) in [5, 5.41) is 2.05. The Morgan fingerprint density at radius 1 is 1.31 bits per heavy atom. The van der Waals surface area contributed by atoms with Crippen molar-refractivity contribution in [3.05, 3.63) is 58.7 Å². The lowest BCUT2D eigenvalue weighted by atomic mass is 9.96. The van der Waals surface area contributed by atoms with Crippen molar-refractivity contribution in [1.82, 2.24) is 24.4 Å². The zero-order chi connectivity index (χ0) is 17.9. The Morgan fingerprint density at radius 2 is 2.23 bits per heavy atom. The van der Waals surface area contributed by atoms with E-state index in [0.29, 0.717) is 24.5 Å². The van der Waals surface area contributed by atoms with Gasteiger partial charge in [0.25, 0.3) is 5.91 Å². The molecular formula is C18H20N6OS. The molecule has 1 fully saturated rings. The van der Waals surface area contributed by atoms with E-state index in [2.05, 4.69) is 19.5 Å². The first kappa shape index (κ1) is 16.7. The van der Waals surface area contributed by atoms with E-state index in [1.807, 2.05) is 28.2 Å². The van der Waals surface area contributed by atoms with Crippen LogP contribution in [-0.4, -0.2) is 43.4 Å². The Morgan fingerprint density at radius 3 is 3.04 bits per heavy atom. The second kappa shape index (κ2) is 7.25. The van der Waals surface area contributed by atoms with Crippen molar-refractivity contribution < 1.29 is 4.79 Å². The molecule has 1 amide bonds. The normalized spacial score (nSPS) is 17.4. The third-order valence-electron chi connectivity index (χ3n) is 4.67. The van der Waals surface area contributed by atoms with Gasteiger partial charge >= 0.3 is 0 Å². The standard InChI is InChI=1S/C18H20N6OS/c19-16-8-13(3-4-20-16)18(25)24-6-1-2-14(9-24)17-21-5-7-23(17)10-15-11-26-12-22-15/h3-5,7-8,11-12,14H,1-2,6,9-10H2,(H2,19,20)/t14-/m1/s1. The largest absolute Gasteiger partial charge is 0.384 e. The number of nitrogens with zero attached hydrogens (tertiary/aromatic N) is 5. The molecule has 3 aromatic rings. The minimum atomic E-state index is 0.00130. The molecule has 1 atom stereocenters. The Hall–Kier alpha value is -2.74. The number of amides is 1. The highest BCUT2D eigenvalue weighted by atomic mass is 32.1. The predicted molar refractivity (Wildman–Crippen MR) is 100.0 cm³/mol. The van der Waals surface area contributed by atoms with Gasteiger partial charge in [-0.2, -0.15) is 0 Å². The first-order valence-corrected chi connectivity index (χ1v) is 9.54. The highest BCUT2D eigenvalue weighted by molar-refractivity contribution is 7.07. The van der Waals surface area contributed by atoms with Crippen LogP contribution in [0.2, 0.25) is 0 Å². The summed E-state index contributed by atoms with van der Waals surface area (Å²) >= 11 is 1.59. The van der Waals surface area contributed by atoms with E-state index in [1.54, 1.807) is 29.7 Å². The molecule has 0 bridgehead atoms. The van der Waals surface area contributed by atoms with E-state index in [-0.39, 0.29) is 11.8 Å². The number of hydrogen-bond donors (Lipinski definition) is 1. The molecule has 0 aliphatic carbocycles. The Balaban J connectivity index is 1.51. The second-order valence-electron chi connectivity index (χ2n) is 6.45. The number of rotatable bonds is 4. The number of likely N-dealkylation sites (tertiary alicyclic amines) is 1. The van der Waals surface area contributed by atoms with Crippen LogP contribution in [0.3, 0.4) is 0 Å². The van der Waals surface area contributed by atoms with E-state index >= 15 is 0 Å². The zero-order valence-corrected chi connectivity index (χ0v) is 15.1. The molecule has 26 heavy (non-hydrogen) atoms. The van der Waals surface area contributed by atoms with E-state index < -0.39 is 0 Å². The SMILES string of the molecule is Nc1cc(C(=O)N2CCC[C@@H](c3nccn3Cc3cscn3)C2)ccn1. The highest BCUT2D eigenvalue weighted by Crippen LogP contribution is 2.27. The van der Waals surface area contributed by atoms with Crippen molar-refractivity contribution in [2.24, 2.45) is 0 Å². The molecule has 134 valence electrons. The summed E-state index contributed by atoms with van der Waals surface area (Å²) in [7, 11) is 0. The lowest BCUT2D eigenvalue weighted by Gasteiger charge is -2.32. The van der Waals surface area contributed by atoms with Gasteiger partial charge in [0, 0.05) is 48.5 Å². The topological polar surface area (TPSA) is 89.9 Å². The number of thiazole rings is 1. The molecule has 3 aromatic heterocycles. The highest BCUT2D eigenvalue weighted by Gasteiger charge is 2.28. The second-order valence-corrected chi connectivity index (χ2v) is 7.17. The first-order chi connectivity index (χ1) is 12.7. The van der Waals surface area contributed by atoms with E-state index in [1.165, 1.54) is 0 Å². The third kappa shape index (κ3) is 3.45. The first-order valence-electron chi connectivity index (χ1n) is 8.59. The number of piperidine rings is 1. The van der Waals surface area contributed by atoms with Gasteiger partial charge in [-0.1, -0.05) is 0 Å². The van der Waals surface area contributed by atoms with Crippen LogP contribution in [0.1, 0.15) is 40.6 Å². The molecule has 1 aliphatic rings. The van der Waals surface area contributed by atoms with Gasteiger partial charge < -0.3 is 15.2 Å². The molecule has 0 saturated carbocycles. The van der Waals surface area contributed by atoms with Gasteiger partial charge in [0.1, 0.15) is 11.6 Å². The molecule has 1 aliphatic heterocycles. The number of anilines is 1. The number of nitrogen functional groups attached to an aromatic ring is 1. The summed E-state index contributed by atoms with van der Waals surface area (Å²) in [5.74, 6) is 1.61. The van der Waals surface area contributed by atoms with E-state index in [9.17, 15) is 4.79 Å². The number of carbonyl (C=O) groups excluding carboxylic acids is 1. The van der Waals surface area contributed by atoms with E-state index in [4.69, 9.17) is 5.73 Å². The Kier molecular flexibility index (Phi) is 4.66. The number of aromatic nitrogens is 4. The number of imidazole rings is 1. The summed E-state index contributed by atoms with van der Waals surface area (Å²) in [6.45, 7) is 2.13. The smallest absolute Gasteiger partial charge is 0.254 e. The van der Waals surface area contributed by atoms with Crippen LogP contribution >= 0.6 is 11.3 Å². The number of hydrogen-bond acceptors (Lipinski definition) is 6. The van der Waals surface area contributed by atoms with Crippen molar-refractivity contribution in [3.8, 4) is 0 Å². The van der Waals surface area contributed by atoms with Crippen LogP contribution in [0.25, 0.3) is 0 Å². The van der Waals surface area contributed by atoms with Crippen molar-refractivity contribution in [2.45, 2.75) is 25.3 Å². The van der Waals surface area contributed by atoms with Crippen molar-refractivity contribution in [3.63, 3.8) is 0 Å². The van der Waals surface area contributed by atoms with Gasteiger partial charge in [-0.25, -0.2) is 15.0 Å².